The smallest absolute Gasteiger partial charge is 0.261 e. The lowest BCUT2D eigenvalue weighted by molar-refractivity contribution is 0.0973. The van der Waals surface area contributed by atoms with E-state index in [1.54, 1.807) is 24.5 Å². The summed E-state index contributed by atoms with van der Waals surface area (Å²) in [6, 6.07) is 9.03. The minimum Gasteiger partial charge on any atom is -0.493 e. The first kappa shape index (κ1) is 17.4. The van der Waals surface area contributed by atoms with Crippen LogP contribution in [0.2, 0.25) is 0 Å². The van der Waals surface area contributed by atoms with E-state index < -0.39 is 0 Å². The van der Waals surface area contributed by atoms with Gasteiger partial charge in [-0.15, -0.1) is 0 Å². The predicted octanol–water partition coefficient (Wildman–Crippen LogP) is 3.05. The number of amides is 1. The van der Waals surface area contributed by atoms with Crippen molar-refractivity contribution in [1.82, 2.24) is 15.6 Å². The summed E-state index contributed by atoms with van der Waals surface area (Å²) in [6.07, 6.45) is 3.44. The van der Waals surface area contributed by atoms with Gasteiger partial charge in [0.25, 0.3) is 5.91 Å². The molecule has 1 aromatic heterocycles. The van der Waals surface area contributed by atoms with Crippen molar-refractivity contribution in [3.63, 3.8) is 0 Å². The van der Waals surface area contributed by atoms with E-state index in [9.17, 15) is 4.79 Å². The molecular weight excluding hydrogens is 378 g/mol. The predicted molar refractivity (Wildman–Crippen MR) is 96.5 cm³/mol. The van der Waals surface area contributed by atoms with Crippen LogP contribution >= 0.6 is 28.1 Å². The second-order valence-electron chi connectivity index (χ2n) is 4.57. The number of thiocarbonyl (C=S) groups is 1. The van der Waals surface area contributed by atoms with Gasteiger partial charge >= 0.3 is 0 Å². The number of hydrogen-bond acceptors (Lipinski definition) is 4. The molecule has 0 radical (unpaired) electrons. The molecule has 2 N–H and O–H groups in total. The fourth-order valence-electron chi connectivity index (χ4n) is 1.86. The molecule has 0 saturated heterocycles. The van der Waals surface area contributed by atoms with Gasteiger partial charge in [0.2, 0.25) is 0 Å². The highest BCUT2D eigenvalue weighted by atomic mass is 79.9. The first-order valence-corrected chi connectivity index (χ1v) is 8.20. The van der Waals surface area contributed by atoms with Gasteiger partial charge in [0.15, 0.2) is 5.11 Å². The van der Waals surface area contributed by atoms with E-state index in [1.165, 1.54) is 0 Å². The van der Waals surface area contributed by atoms with Crippen molar-refractivity contribution < 1.29 is 9.53 Å². The SMILES string of the molecule is CCOc1ccc(Br)cc1C(=O)NC(=S)NCc1cccnc1. The van der Waals surface area contributed by atoms with E-state index in [0.717, 1.165) is 10.0 Å². The third kappa shape index (κ3) is 5.30. The van der Waals surface area contributed by atoms with Gasteiger partial charge in [-0.3, -0.25) is 15.1 Å². The maximum Gasteiger partial charge on any atom is 0.261 e. The van der Waals surface area contributed by atoms with Crippen LogP contribution in [0.4, 0.5) is 0 Å². The number of benzene rings is 1. The van der Waals surface area contributed by atoms with Crippen molar-refractivity contribution in [2.75, 3.05) is 6.61 Å². The first-order valence-electron chi connectivity index (χ1n) is 7.00. The molecule has 7 heteroatoms. The third-order valence-corrected chi connectivity index (χ3v) is 3.63. The number of pyridine rings is 1. The summed E-state index contributed by atoms with van der Waals surface area (Å²) in [5.74, 6) is 0.196. The van der Waals surface area contributed by atoms with E-state index in [0.29, 0.717) is 24.5 Å². The van der Waals surface area contributed by atoms with E-state index >= 15 is 0 Å². The number of halogens is 1. The Morgan fingerprint density at radius 2 is 2.22 bits per heavy atom. The van der Waals surface area contributed by atoms with Crippen LogP contribution < -0.4 is 15.4 Å². The van der Waals surface area contributed by atoms with Crippen LogP contribution in [-0.2, 0) is 6.54 Å². The van der Waals surface area contributed by atoms with Crippen molar-refractivity contribution in [2.45, 2.75) is 13.5 Å². The Hall–Kier alpha value is -1.99. The van der Waals surface area contributed by atoms with Crippen LogP contribution in [0.25, 0.3) is 0 Å². The van der Waals surface area contributed by atoms with Gasteiger partial charge in [0.1, 0.15) is 5.75 Å². The van der Waals surface area contributed by atoms with Crippen LogP contribution in [0.15, 0.2) is 47.2 Å². The molecular formula is C16H16BrN3O2S. The summed E-state index contributed by atoms with van der Waals surface area (Å²) in [7, 11) is 0. The summed E-state index contributed by atoms with van der Waals surface area (Å²) in [5.41, 5.74) is 1.40. The maximum absolute atomic E-state index is 12.4. The number of hydrogen-bond donors (Lipinski definition) is 2. The highest BCUT2D eigenvalue weighted by Gasteiger charge is 2.14. The van der Waals surface area contributed by atoms with Crippen LogP contribution in [0.5, 0.6) is 5.75 Å². The van der Waals surface area contributed by atoms with E-state index in [2.05, 4.69) is 31.5 Å². The molecule has 2 aromatic rings. The molecule has 0 saturated carbocycles. The second kappa shape index (κ2) is 8.59. The number of carbonyl (C=O) groups is 1. The Labute approximate surface area is 148 Å². The molecule has 0 aliphatic carbocycles. The summed E-state index contributed by atoms with van der Waals surface area (Å²) < 4.78 is 6.26. The molecule has 1 aromatic carbocycles. The minimum absolute atomic E-state index is 0.251. The lowest BCUT2D eigenvalue weighted by Gasteiger charge is -2.12. The molecule has 1 amide bonds. The van der Waals surface area contributed by atoms with Gasteiger partial charge in [-0.25, -0.2) is 0 Å². The topological polar surface area (TPSA) is 63.2 Å². The molecule has 0 unspecified atom stereocenters. The van der Waals surface area contributed by atoms with Crippen molar-refractivity contribution >= 4 is 39.2 Å². The third-order valence-electron chi connectivity index (χ3n) is 2.89. The standard InChI is InChI=1S/C16H16BrN3O2S/c1-2-22-14-6-5-12(17)8-13(14)15(21)20-16(23)19-10-11-4-3-7-18-9-11/h3-9H,2,10H2,1H3,(H2,19,20,21,23). The second-order valence-corrected chi connectivity index (χ2v) is 5.90. The van der Waals surface area contributed by atoms with Crippen molar-refractivity contribution in [3.8, 4) is 5.75 Å². The zero-order chi connectivity index (χ0) is 16.7. The Bertz CT molecular complexity index is 695. The van der Waals surface area contributed by atoms with Crippen LogP contribution in [0, 0.1) is 0 Å². The maximum atomic E-state index is 12.4. The number of nitrogens with one attached hydrogen (secondary N) is 2. The Kier molecular flexibility index (Phi) is 6.49. The van der Waals surface area contributed by atoms with E-state index in [1.807, 2.05) is 25.1 Å². The van der Waals surface area contributed by atoms with Gasteiger partial charge in [-0.2, -0.15) is 0 Å². The van der Waals surface area contributed by atoms with E-state index in [-0.39, 0.29) is 11.0 Å². The van der Waals surface area contributed by atoms with E-state index in [4.69, 9.17) is 17.0 Å². The fourth-order valence-corrected chi connectivity index (χ4v) is 2.39. The van der Waals surface area contributed by atoms with Crippen molar-refractivity contribution in [3.05, 3.63) is 58.3 Å². The summed E-state index contributed by atoms with van der Waals surface area (Å²) in [4.78, 5) is 16.4. The normalized spacial score (nSPS) is 10.0. The van der Waals surface area contributed by atoms with Gasteiger partial charge in [0.05, 0.1) is 12.2 Å². The quantitative estimate of drug-likeness (QED) is 0.764. The summed E-state index contributed by atoms with van der Waals surface area (Å²) in [6.45, 7) is 2.83. The molecule has 0 bridgehead atoms. The molecule has 120 valence electrons. The number of ether oxygens (including phenoxy) is 1. The highest BCUT2D eigenvalue weighted by Crippen LogP contribution is 2.23. The molecule has 0 spiro atoms. The largest absolute Gasteiger partial charge is 0.493 e. The monoisotopic (exact) mass is 393 g/mol. The molecule has 5 nitrogen and oxygen atoms in total. The van der Waals surface area contributed by atoms with Crippen molar-refractivity contribution in [2.24, 2.45) is 0 Å². The molecule has 0 aliphatic heterocycles. The Morgan fingerprint density at radius 1 is 1.39 bits per heavy atom. The molecule has 0 fully saturated rings. The number of nitrogens with zero attached hydrogens (tertiary/aromatic N) is 1. The van der Waals surface area contributed by atoms with Crippen LogP contribution in [0.3, 0.4) is 0 Å². The van der Waals surface area contributed by atoms with Gasteiger partial charge < -0.3 is 10.1 Å². The zero-order valence-corrected chi connectivity index (χ0v) is 14.9. The first-order chi connectivity index (χ1) is 11.1. The van der Waals surface area contributed by atoms with Crippen LogP contribution in [0.1, 0.15) is 22.8 Å². The van der Waals surface area contributed by atoms with Gasteiger partial charge in [-0.05, 0) is 49.0 Å². The molecule has 1 heterocycles. The van der Waals surface area contributed by atoms with Gasteiger partial charge in [-0.1, -0.05) is 22.0 Å². The minimum atomic E-state index is -0.321. The van der Waals surface area contributed by atoms with Crippen LogP contribution in [-0.4, -0.2) is 22.6 Å². The highest BCUT2D eigenvalue weighted by molar-refractivity contribution is 9.10. The van der Waals surface area contributed by atoms with Gasteiger partial charge in [0, 0.05) is 23.4 Å². The zero-order valence-electron chi connectivity index (χ0n) is 12.5. The Morgan fingerprint density at radius 3 is 2.91 bits per heavy atom. The van der Waals surface area contributed by atoms with Crippen molar-refractivity contribution in [1.29, 1.82) is 0 Å². The Balaban J connectivity index is 1.98. The number of carbonyl (C=O) groups excluding carboxylic acids is 1. The number of rotatable bonds is 5. The fraction of sp³-hybridized carbons (Fsp3) is 0.188. The molecule has 0 aliphatic rings. The molecule has 2 rings (SSSR count). The molecule has 23 heavy (non-hydrogen) atoms. The molecule has 0 atom stereocenters. The number of aromatic nitrogens is 1. The average molecular weight is 394 g/mol. The summed E-state index contributed by atoms with van der Waals surface area (Å²) in [5, 5.41) is 5.88. The lowest BCUT2D eigenvalue weighted by atomic mass is 10.2. The average Bonchev–Trinajstić information content (AvgIpc) is 2.55. The summed E-state index contributed by atoms with van der Waals surface area (Å²) >= 11 is 8.51. The lowest BCUT2D eigenvalue weighted by Crippen LogP contribution is -2.39.